The van der Waals surface area contributed by atoms with Gasteiger partial charge < -0.3 is 10.2 Å². The molecule has 164 valence electrons. The van der Waals surface area contributed by atoms with Crippen molar-refractivity contribution in [1.29, 1.82) is 0 Å². The molecular formula is C20H25F2N3O3S2. The number of hydrogen-bond donors (Lipinski definition) is 1. The van der Waals surface area contributed by atoms with E-state index in [1.54, 1.807) is 16.2 Å². The molecule has 0 bridgehead atoms. The Labute approximate surface area is 179 Å². The topological polar surface area (TPSA) is 69.7 Å². The highest BCUT2D eigenvalue weighted by Crippen LogP contribution is 2.25. The minimum atomic E-state index is -3.94. The molecule has 1 saturated heterocycles. The van der Waals surface area contributed by atoms with Crippen molar-refractivity contribution in [2.24, 2.45) is 5.92 Å². The first-order valence-electron chi connectivity index (χ1n) is 9.70. The Kier molecular flexibility index (Phi) is 7.22. The van der Waals surface area contributed by atoms with E-state index < -0.39 is 21.7 Å². The minimum absolute atomic E-state index is 0.0731. The van der Waals surface area contributed by atoms with Gasteiger partial charge in [0.25, 0.3) is 0 Å². The molecule has 0 saturated carbocycles. The largest absolute Gasteiger partial charge is 0.339 e. The predicted molar refractivity (Wildman–Crippen MR) is 112 cm³/mol. The molecule has 1 amide bonds. The second-order valence-corrected chi connectivity index (χ2v) is 10.4. The van der Waals surface area contributed by atoms with Gasteiger partial charge in [-0.2, -0.15) is 4.31 Å². The number of carbonyl (C=O) groups is 1. The number of sulfonamides is 1. The van der Waals surface area contributed by atoms with Crippen molar-refractivity contribution in [3.8, 4) is 0 Å². The molecule has 1 atom stereocenters. The Morgan fingerprint density at radius 2 is 1.83 bits per heavy atom. The van der Waals surface area contributed by atoms with E-state index in [2.05, 4.69) is 19.2 Å². The molecule has 0 aliphatic carbocycles. The average molecular weight is 458 g/mol. The van der Waals surface area contributed by atoms with Crippen LogP contribution in [0, 0.1) is 17.6 Å². The van der Waals surface area contributed by atoms with Crippen LogP contribution in [0.5, 0.6) is 0 Å². The van der Waals surface area contributed by atoms with Gasteiger partial charge in [0.2, 0.25) is 15.9 Å². The second kappa shape index (κ2) is 9.51. The summed E-state index contributed by atoms with van der Waals surface area (Å²) in [5.74, 6) is -2.09. The first-order chi connectivity index (χ1) is 14.2. The van der Waals surface area contributed by atoms with Crippen LogP contribution in [0.15, 0.2) is 40.6 Å². The summed E-state index contributed by atoms with van der Waals surface area (Å²) in [6.07, 6.45) is 0. The van der Waals surface area contributed by atoms with Crippen LogP contribution in [-0.2, 0) is 14.8 Å². The van der Waals surface area contributed by atoms with E-state index in [-0.39, 0.29) is 49.6 Å². The van der Waals surface area contributed by atoms with Gasteiger partial charge in [0.05, 0.1) is 11.4 Å². The highest BCUT2D eigenvalue weighted by molar-refractivity contribution is 7.89. The predicted octanol–water partition coefficient (Wildman–Crippen LogP) is 2.85. The molecular weight excluding hydrogens is 432 g/mol. The molecule has 2 heterocycles. The quantitative estimate of drug-likeness (QED) is 0.694. The van der Waals surface area contributed by atoms with Crippen LogP contribution in [0.3, 0.4) is 0 Å². The van der Waals surface area contributed by atoms with E-state index >= 15 is 0 Å². The SMILES string of the molecule is CC(C)[C@H](NCC(=O)N1CCN(S(=O)(=O)c2ccc(F)c(F)c2)CC1)c1cccs1. The fourth-order valence-electron chi connectivity index (χ4n) is 3.41. The number of amides is 1. The number of carbonyl (C=O) groups excluding carboxylic acids is 1. The number of thiophene rings is 1. The van der Waals surface area contributed by atoms with Crippen LogP contribution in [-0.4, -0.2) is 56.3 Å². The van der Waals surface area contributed by atoms with Gasteiger partial charge in [0.1, 0.15) is 0 Å². The lowest BCUT2D eigenvalue weighted by molar-refractivity contribution is -0.131. The zero-order valence-corrected chi connectivity index (χ0v) is 18.5. The van der Waals surface area contributed by atoms with E-state index in [1.807, 2.05) is 17.5 Å². The van der Waals surface area contributed by atoms with Crippen molar-refractivity contribution in [3.63, 3.8) is 0 Å². The van der Waals surface area contributed by atoms with Crippen LogP contribution in [0.25, 0.3) is 0 Å². The summed E-state index contributed by atoms with van der Waals surface area (Å²) in [5, 5.41) is 5.31. The standard InChI is InChI=1S/C20H25F2N3O3S2/c1-14(2)20(18-4-3-11-29-18)23-13-19(26)24-7-9-25(10-8-24)30(27,28)15-5-6-16(21)17(22)12-15/h3-6,11-12,14,20,23H,7-10,13H2,1-2H3/t20-/m0/s1. The first-order valence-corrected chi connectivity index (χ1v) is 12.0. The van der Waals surface area contributed by atoms with Crippen LogP contribution in [0.2, 0.25) is 0 Å². The van der Waals surface area contributed by atoms with E-state index in [0.29, 0.717) is 12.0 Å². The van der Waals surface area contributed by atoms with Crippen molar-refractivity contribution >= 4 is 27.3 Å². The number of hydrogen-bond acceptors (Lipinski definition) is 5. The minimum Gasteiger partial charge on any atom is -0.339 e. The molecule has 1 aliphatic heterocycles. The second-order valence-electron chi connectivity index (χ2n) is 7.48. The van der Waals surface area contributed by atoms with Crippen LogP contribution in [0.4, 0.5) is 8.78 Å². The van der Waals surface area contributed by atoms with Gasteiger partial charge in [-0.1, -0.05) is 19.9 Å². The summed E-state index contributed by atoms with van der Waals surface area (Å²) in [5.41, 5.74) is 0. The zero-order valence-electron chi connectivity index (χ0n) is 16.8. The van der Waals surface area contributed by atoms with Crippen molar-refractivity contribution in [1.82, 2.24) is 14.5 Å². The number of rotatable bonds is 7. The maximum Gasteiger partial charge on any atom is 0.243 e. The summed E-state index contributed by atoms with van der Waals surface area (Å²) in [6, 6.07) is 6.62. The van der Waals surface area contributed by atoms with E-state index in [4.69, 9.17) is 0 Å². The third-order valence-corrected chi connectivity index (χ3v) is 7.96. The molecule has 0 radical (unpaired) electrons. The molecule has 30 heavy (non-hydrogen) atoms. The van der Waals surface area contributed by atoms with Crippen LogP contribution < -0.4 is 5.32 Å². The van der Waals surface area contributed by atoms with Crippen LogP contribution in [0.1, 0.15) is 24.8 Å². The van der Waals surface area contributed by atoms with Gasteiger partial charge in [0, 0.05) is 37.1 Å². The molecule has 10 heteroatoms. The summed E-state index contributed by atoms with van der Waals surface area (Å²) in [6.45, 7) is 5.03. The molecule has 1 fully saturated rings. The van der Waals surface area contributed by atoms with Crippen molar-refractivity contribution in [2.75, 3.05) is 32.7 Å². The van der Waals surface area contributed by atoms with Crippen LogP contribution >= 0.6 is 11.3 Å². The van der Waals surface area contributed by atoms with Gasteiger partial charge in [0.15, 0.2) is 11.6 Å². The normalized spacial score (nSPS) is 16.8. The third-order valence-electron chi connectivity index (χ3n) is 5.11. The summed E-state index contributed by atoms with van der Waals surface area (Å²) < 4.78 is 53.1. The number of nitrogens with one attached hydrogen (secondary N) is 1. The number of piperazine rings is 1. The van der Waals surface area contributed by atoms with E-state index in [9.17, 15) is 22.0 Å². The van der Waals surface area contributed by atoms with Gasteiger partial charge in [-0.05, 0) is 35.6 Å². The Hall–Kier alpha value is -1.88. The average Bonchev–Trinajstić information content (AvgIpc) is 3.24. The summed E-state index contributed by atoms with van der Waals surface area (Å²) >= 11 is 1.64. The Morgan fingerprint density at radius 1 is 1.13 bits per heavy atom. The Bertz CT molecular complexity index is 973. The van der Waals surface area contributed by atoms with Gasteiger partial charge >= 0.3 is 0 Å². The molecule has 6 nitrogen and oxygen atoms in total. The lowest BCUT2D eigenvalue weighted by atomic mass is 10.0. The number of benzene rings is 1. The third kappa shape index (κ3) is 5.05. The maximum absolute atomic E-state index is 13.4. The summed E-state index contributed by atoms with van der Waals surface area (Å²) in [7, 11) is -3.94. The highest BCUT2D eigenvalue weighted by Gasteiger charge is 2.31. The lowest BCUT2D eigenvalue weighted by Gasteiger charge is -2.34. The number of halogens is 2. The lowest BCUT2D eigenvalue weighted by Crippen LogP contribution is -2.52. The van der Waals surface area contributed by atoms with Crippen molar-refractivity contribution < 1.29 is 22.0 Å². The summed E-state index contributed by atoms with van der Waals surface area (Å²) in [4.78, 5) is 15.1. The van der Waals surface area contributed by atoms with E-state index in [0.717, 1.165) is 12.1 Å². The Balaban J connectivity index is 1.57. The van der Waals surface area contributed by atoms with E-state index in [1.165, 1.54) is 9.18 Å². The molecule has 0 spiro atoms. The molecule has 2 aromatic rings. The molecule has 0 unspecified atom stereocenters. The molecule has 1 aliphatic rings. The molecule has 1 aromatic carbocycles. The van der Waals surface area contributed by atoms with Gasteiger partial charge in [-0.3, -0.25) is 4.79 Å². The molecule has 1 N–H and O–H groups in total. The highest BCUT2D eigenvalue weighted by atomic mass is 32.2. The molecule has 1 aromatic heterocycles. The number of nitrogens with zero attached hydrogens (tertiary/aromatic N) is 2. The first kappa shape index (κ1) is 22.8. The fourth-order valence-corrected chi connectivity index (χ4v) is 5.81. The maximum atomic E-state index is 13.4. The Morgan fingerprint density at radius 3 is 2.40 bits per heavy atom. The van der Waals surface area contributed by atoms with Gasteiger partial charge in [-0.15, -0.1) is 11.3 Å². The zero-order chi connectivity index (χ0) is 21.9. The van der Waals surface area contributed by atoms with Gasteiger partial charge in [-0.25, -0.2) is 17.2 Å². The molecule has 3 rings (SSSR count). The fraction of sp³-hybridized carbons (Fsp3) is 0.450. The monoisotopic (exact) mass is 457 g/mol. The smallest absolute Gasteiger partial charge is 0.243 e. The van der Waals surface area contributed by atoms with Crippen molar-refractivity contribution in [3.05, 3.63) is 52.2 Å². The van der Waals surface area contributed by atoms with Crippen molar-refractivity contribution in [2.45, 2.75) is 24.8 Å².